The van der Waals surface area contributed by atoms with Gasteiger partial charge in [0.25, 0.3) is 0 Å². The molecule has 0 aromatic carbocycles. The zero-order valence-electron chi connectivity index (χ0n) is 9.78. The van der Waals surface area contributed by atoms with E-state index in [-0.39, 0.29) is 11.5 Å². The minimum absolute atomic E-state index is 0.190. The van der Waals surface area contributed by atoms with Gasteiger partial charge in [0.1, 0.15) is 5.82 Å². The first kappa shape index (κ1) is 11.6. The molecule has 0 aliphatic rings. The molecule has 1 heterocycles. The molecule has 1 aromatic rings. The van der Waals surface area contributed by atoms with Crippen molar-refractivity contribution in [2.24, 2.45) is 5.41 Å². The van der Waals surface area contributed by atoms with E-state index in [1.807, 2.05) is 38.6 Å². The van der Waals surface area contributed by atoms with Gasteiger partial charge in [0, 0.05) is 11.8 Å². The van der Waals surface area contributed by atoms with Crippen LogP contribution in [0.4, 0.5) is 5.82 Å². The summed E-state index contributed by atoms with van der Waals surface area (Å²) >= 11 is 0. The summed E-state index contributed by atoms with van der Waals surface area (Å²) in [6, 6.07) is 2.48. The summed E-state index contributed by atoms with van der Waals surface area (Å²) in [6.45, 7) is 7.85. The topological polar surface area (TPSA) is 67.6 Å². The van der Waals surface area contributed by atoms with Gasteiger partial charge in [-0.15, -0.1) is 0 Å². The van der Waals surface area contributed by atoms with Crippen molar-refractivity contribution in [3.63, 3.8) is 0 Å². The van der Waals surface area contributed by atoms with Gasteiger partial charge in [-0.05, 0) is 34.1 Å². The van der Waals surface area contributed by atoms with Crippen molar-refractivity contribution in [3.05, 3.63) is 11.8 Å². The van der Waals surface area contributed by atoms with Crippen LogP contribution in [0.2, 0.25) is 0 Å². The van der Waals surface area contributed by atoms with Gasteiger partial charge in [0.05, 0.1) is 17.5 Å². The highest BCUT2D eigenvalue weighted by molar-refractivity contribution is 5.35. The van der Waals surface area contributed by atoms with E-state index >= 15 is 0 Å². The highest BCUT2D eigenvalue weighted by atomic mass is 15.3. The first-order chi connectivity index (χ1) is 6.85. The average molecular weight is 206 g/mol. The molecule has 0 amide bonds. The number of anilines is 1. The Morgan fingerprint density at radius 3 is 2.67 bits per heavy atom. The molecule has 1 rings (SSSR count). The molecule has 0 spiro atoms. The maximum atomic E-state index is 8.95. The zero-order valence-corrected chi connectivity index (χ0v) is 9.78. The second-order valence-electron chi connectivity index (χ2n) is 4.73. The van der Waals surface area contributed by atoms with Crippen LogP contribution in [0, 0.1) is 23.7 Å². The number of aryl methyl sites for hydroxylation is 1. The molecule has 0 bridgehead atoms. The SMILES string of the molecule is Cc1cn(C(C)CC(C)(C)C#N)nc1N. The summed E-state index contributed by atoms with van der Waals surface area (Å²) in [5.41, 5.74) is 6.34. The van der Waals surface area contributed by atoms with E-state index in [4.69, 9.17) is 11.0 Å². The van der Waals surface area contributed by atoms with Crippen molar-refractivity contribution >= 4 is 5.82 Å². The van der Waals surface area contributed by atoms with Crippen LogP contribution in [0.25, 0.3) is 0 Å². The molecule has 0 saturated carbocycles. The number of nitrogen functional groups attached to an aromatic ring is 1. The van der Waals surface area contributed by atoms with Crippen LogP contribution in [0.15, 0.2) is 6.20 Å². The Kier molecular flexibility index (Phi) is 3.04. The predicted molar refractivity (Wildman–Crippen MR) is 60.1 cm³/mol. The molecule has 0 radical (unpaired) electrons. The summed E-state index contributed by atoms with van der Waals surface area (Å²) in [7, 11) is 0. The number of aromatic nitrogens is 2. The van der Waals surface area contributed by atoms with Crippen LogP contribution < -0.4 is 5.73 Å². The van der Waals surface area contributed by atoms with Crippen molar-refractivity contribution in [3.8, 4) is 6.07 Å². The van der Waals surface area contributed by atoms with Crippen LogP contribution in [0.3, 0.4) is 0 Å². The zero-order chi connectivity index (χ0) is 11.6. The van der Waals surface area contributed by atoms with E-state index in [9.17, 15) is 0 Å². The Bertz CT molecular complexity index is 364. The minimum atomic E-state index is -0.325. The molecule has 15 heavy (non-hydrogen) atoms. The number of hydrogen-bond acceptors (Lipinski definition) is 3. The molecule has 4 heteroatoms. The van der Waals surface area contributed by atoms with Crippen LogP contribution >= 0.6 is 0 Å². The maximum Gasteiger partial charge on any atom is 0.148 e. The molecule has 2 N–H and O–H groups in total. The lowest BCUT2D eigenvalue weighted by molar-refractivity contribution is 0.337. The van der Waals surface area contributed by atoms with Crippen molar-refractivity contribution < 1.29 is 0 Å². The van der Waals surface area contributed by atoms with Gasteiger partial charge in [0.2, 0.25) is 0 Å². The van der Waals surface area contributed by atoms with Crippen LogP contribution in [-0.4, -0.2) is 9.78 Å². The number of nitriles is 1. The fraction of sp³-hybridized carbons (Fsp3) is 0.636. The molecule has 0 aliphatic carbocycles. The Morgan fingerprint density at radius 2 is 2.27 bits per heavy atom. The Hall–Kier alpha value is -1.50. The summed E-state index contributed by atoms with van der Waals surface area (Å²) in [6.07, 6.45) is 2.69. The van der Waals surface area contributed by atoms with E-state index < -0.39 is 0 Å². The molecular weight excluding hydrogens is 188 g/mol. The number of rotatable bonds is 3. The standard InChI is InChI=1S/C11H18N4/c1-8-6-15(14-10(8)13)9(2)5-11(3,4)7-12/h6,9H,5H2,1-4H3,(H2,13,14). The van der Waals surface area contributed by atoms with E-state index in [0.29, 0.717) is 5.82 Å². The third-order valence-corrected chi connectivity index (χ3v) is 2.51. The molecule has 0 saturated heterocycles. The second kappa shape index (κ2) is 3.93. The van der Waals surface area contributed by atoms with Gasteiger partial charge in [-0.3, -0.25) is 4.68 Å². The van der Waals surface area contributed by atoms with Gasteiger partial charge >= 0.3 is 0 Å². The lowest BCUT2D eigenvalue weighted by atomic mass is 9.88. The van der Waals surface area contributed by atoms with E-state index in [1.54, 1.807) is 0 Å². The van der Waals surface area contributed by atoms with Gasteiger partial charge in [-0.1, -0.05) is 0 Å². The molecule has 0 aliphatic heterocycles. The molecule has 1 unspecified atom stereocenters. The van der Waals surface area contributed by atoms with Gasteiger partial charge < -0.3 is 5.73 Å². The molecule has 82 valence electrons. The highest BCUT2D eigenvalue weighted by Gasteiger charge is 2.22. The Morgan fingerprint density at radius 1 is 1.67 bits per heavy atom. The monoisotopic (exact) mass is 206 g/mol. The first-order valence-electron chi connectivity index (χ1n) is 5.08. The van der Waals surface area contributed by atoms with Crippen LogP contribution in [0.1, 0.15) is 38.8 Å². The largest absolute Gasteiger partial charge is 0.382 e. The Labute approximate surface area is 90.7 Å². The molecule has 1 aromatic heterocycles. The van der Waals surface area contributed by atoms with Gasteiger partial charge in [-0.25, -0.2) is 0 Å². The number of hydrogen-bond donors (Lipinski definition) is 1. The normalized spacial score (nSPS) is 13.5. The summed E-state index contributed by atoms with van der Waals surface area (Å²) in [4.78, 5) is 0. The lowest BCUT2D eigenvalue weighted by Crippen LogP contribution is -2.16. The van der Waals surface area contributed by atoms with Crippen molar-refractivity contribution in [1.29, 1.82) is 5.26 Å². The summed E-state index contributed by atoms with van der Waals surface area (Å²) in [5, 5.41) is 13.2. The molecule has 4 nitrogen and oxygen atoms in total. The molecule has 0 fully saturated rings. The summed E-state index contributed by atoms with van der Waals surface area (Å²) < 4.78 is 1.84. The minimum Gasteiger partial charge on any atom is -0.382 e. The highest BCUT2D eigenvalue weighted by Crippen LogP contribution is 2.27. The van der Waals surface area contributed by atoms with Gasteiger partial charge in [-0.2, -0.15) is 10.4 Å². The van der Waals surface area contributed by atoms with E-state index in [2.05, 4.69) is 11.2 Å². The Balaban J connectivity index is 2.78. The molecule has 1 atom stereocenters. The third-order valence-electron chi connectivity index (χ3n) is 2.51. The van der Waals surface area contributed by atoms with E-state index in [0.717, 1.165) is 12.0 Å². The van der Waals surface area contributed by atoms with Gasteiger partial charge in [0.15, 0.2) is 0 Å². The smallest absolute Gasteiger partial charge is 0.148 e. The van der Waals surface area contributed by atoms with Crippen LogP contribution in [0.5, 0.6) is 0 Å². The third kappa shape index (κ3) is 2.72. The molecular formula is C11H18N4. The fourth-order valence-corrected chi connectivity index (χ4v) is 1.60. The quantitative estimate of drug-likeness (QED) is 0.824. The fourth-order valence-electron chi connectivity index (χ4n) is 1.60. The average Bonchev–Trinajstić information content (AvgIpc) is 2.47. The van der Waals surface area contributed by atoms with Crippen molar-refractivity contribution in [2.75, 3.05) is 5.73 Å². The summed E-state index contributed by atoms with van der Waals surface area (Å²) in [5.74, 6) is 0.566. The van der Waals surface area contributed by atoms with Crippen molar-refractivity contribution in [2.45, 2.75) is 40.2 Å². The first-order valence-corrected chi connectivity index (χ1v) is 5.08. The lowest BCUT2D eigenvalue weighted by Gasteiger charge is -2.20. The number of nitrogens with two attached hydrogens (primary N) is 1. The van der Waals surface area contributed by atoms with Crippen LogP contribution in [-0.2, 0) is 0 Å². The number of nitrogens with zero attached hydrogens (tertiary/aromatic N) is 3. The second-order valence-corrected chi connectivity index (χ2v) is 4.73. The van der Waals surface area contributed by atoms with Crippen molar-refractivity contribution in [1.82, 2.24) is 9.78 Å². The predicted octanol–water partition coefficient (Wildman–Crippen LogP) is 2.27. The maximum absolute atomic E-state index is 8.95. The van der Waals surface area contributed by atoms with E-state index in [1.165, 1.54) is 0 Å².